The predicted molar refractivity (Wildman–Crippen MR) is 83.8 cm³/mol. The van der Waals surface area contributed by atoms with E-state index in [0.717, 1.165) is 24.8 Å². The van der Waals surface area contributed by atoms with Crippen molar-refractivity contribution in [1.29, 1.82) is 0 Å². The Morgan fingerprint density at radius 3 is 2.65 bits per heavy atom. The second-order valence-electron chi connectivity index (χ2n) is 5.32. The van der Waals surface area contributed by atoms with Gasteiger partial charge in [0, 0.05) is 12.6 Å². The van der Waals surface area contributed by atoms with Gasteiger partial charge in [0.15, 0.2) is 5.96 Å². The van der Waals surface area contributed by atoms with Crippen LogP contribution in [-0.2, 0) is 0 Å². The van der Waals surface area contributed by atoms with Gasteiger partial charge in [-0.05, 0) is 24.7 Å². The Kier molecular flexibility index (Phi) is 6.59. The molecule has 3 nitrogen and oxygen atoms in total. The van der Waals surface area contributed by atoms with Gasteiger partial charge < -0.3 is 11.1 Å². The number of hydrogen-bond acceptors (Lipinski definition) is 1. The topological polar surface area (TPSA) is 50.4 Å². The second-order valence-corrected chi connectivity index (χ2v) is 5.32. The minimum atomic E-state index is 0. The van der Waals surface area contributed by atoms with Crippen molar-refractivity contribution in [2.24, 2.45) is 22.6 Å². The number of guanidine groups is 1. The molecule has 2 atom stereocenters. The molecule has 100 valence electrons. The number of nitrogens with two attached hydrogens (primary N) is 1. The second kappa shape index (κ2) is 7.44. The Bertz CT molecular complexity index is 249. The summed E-state index contributed by atoms with van der Waals surface area (Å²) in [6.07, 6.45) is 9.58. The third-order valence-corrected chi connectivity index (χ3v) is 3.93. The summed E-state index contributed by atoms with van der Waals surface area (Å²) in [6.45, 7) is 2.97. The van der Waals surface area contributed by atoms with Gasteiger partial charge in [-0.1, -0.05) is 39.0 Å². The van der Waals surface area contributed by atoms with Crippen LogP contribution < -0.4 is 11.1 Å². The first-order chi connectivity index (χ1) is 7.81. The summed E-state index contributed by atoms with van der Waals surface area (Å²) in [5, 5.41) is 3.36. The quantitative estimate of drug-likeness (QED) is 0.465. The smallest absolute Gasteiger partial charge is 0.188 e. The lowest BCUT2D eigenvalue weighted by Gasteiger charge is -2.21. The van der Waals surface area contributed by atoms with Crippen molar-refractivity contribution in [3.63, 3.8) is 0 Å². The Balaban J connectivity index is 0.00000144. The van der Waals surface area contributed by atoms with Crippen LogP contribution in [-0.4, -0.2) is 18.5 Å². The van der Waals surface area contributed by atoms with Gasteiger partial charge in [-0.25, -0.2) is 0 Å². The zero-order valence-electron chi connectivity index (χ0n) is 10.8. The molecule has 2 aliphatic rings. The Morgan fingerprint density at radius 2 is 2.00 bits per heavy atom. The number of nitrogens with one attached hydrogen (secondary N) is 1. The van der Waals surface area contributed by atoms with E-state index in [1.54, 1.807) is 0 Å². The van der Waals surface area contributed by atoms with Crippen LogP contribution in [0.3, 0.4) is 0 Å². The summed E-state index contributed by atoms with van der Waals surface area (Å²) in [7, 11) is 0. The zero-order chi connectivity index (χ0) is 11.4. The van der Waals surface area contributed by atoms with E-state index in [9.17, 15) is 0 Å². The first-order valence-electron chi connectivity index (χ1n) is 6.87. The van der Waals surface area contributed by atoms with E-state index in [-0.39, 0.29) is 24.0 Å². The van der Waals surface area contributed by atoms with Crippen LogP contribution >= 0.6 is 24.0 Å². The molecule has 0 aliphatic heterocycles. The highest BCUT2D eigenvalue weighted by molar-refractivity contribution is 14.0. The molecule has 2 saturated carbocycles. The molecule has 17 heavy (non-hydrogen) atoms. The van der Waals surface area contributed by atoms with Gasteiger partial charge in [0.25, 0.3) is 0 Å². The largest absolute Gasteiger partial charge is 0.370 e. The highest BCUT2D eigenvalue weighted by atomic mass is 127. The van der Waals surface area contributed by atoms with E-state index >= 15 is 0 Å². The van der Waals surface area contributed by atoms with Crippen molar-refractivity contribution < 1.29 is 0 Å². The molecule has 0 spiro atoms. The maximum absolute atomic E-state index is 5.83. The Hall–Kier alpha value is 0. The molecule has 0 radical (unpaired) electrons. The van der Waals surface area contributed by atoms with Crippen molar-refractivity contribution >= 4 is 29.9 Å². The minimum absolute atomic E-state index is 0. The molecule has 2 unspecified atom stereocenters. The lowest BCUT2D eigenvalue weighted by Crippen LogP contribution is -2.35. The molecule has 3 N–H and O–H groups in total. The molecule has 0 aromatic heterocycles. The summed E-state index contributed by atoms with van der Waals surface area (Å²) in [5.41, 5.74) is 5.83. The monoisotopic (exact) mass is 351 g/mol. The predicted octanol–water partition coefficient (Wildman–Crippen LogP) is 2.89. The lowest BCUT2D eigenvalue weighted by molar-refractivity contribution is 0.316. The number of rotatable bonds is 4. The van der Waals surface area contributed by atoms with Gasteiger partial charge in [-0.15, -0.1) is 24.0 Å². The third-order valence-electron chi connectivity index (χ3n) is 3.93. The minimum Gasteiger partial charge on any atom is -0.370 e. The molecule has 4 heteroatoms. The van der Waals surface area contributed by atoms with Crippen LogP contribution in [0.1, 0.15) is 51.9 Å². The highest BCUT2D eigenvalue weighted by Gasteiger charge is 2.43. The Labute approximate surface area is 122 Å². The number of aliphatic imine (C=N–C) groups is 1. The van der Waals surface area contributed by atoms with E-state index in [2.05, 4.69) is 17.2 Å². The normalized spacial score (nSPS) is 29.6. The summed E-state index contributed by atoms with van der Waals surface area (Å²) < 4.78 is 0. The molecule has 2 fully saturated rings. The van der Waals surface area contributed by atoms with E-state index in [0.29, 0.717) is 12.0 Å². The van der Waals surface area contributed by atoms with Gasteiger partial charge in [0.05, 0.1) is 0 Å². The van der Waals surface area contributed by atoms with E-state index in [4.69, 9.17) is 5.73 Å². The van der Waals surface area contributed by atoms with Crippen molar-refractivity contribution in [1.82, 2.24) is 5.32 Å². The van der Waals surface area contributed by atoms with Crippen LogP contribution in [0.15, 0.2) is 4.99 Å². The highest BCUT2D eigenvalue weighted by Crippen LogP contribution is 2.44. The summed E-state index contributed by atoms with van der Waals surface area (Å²) in [6, 6.07) is 0.628. The summed E-state index contributed by atoms with van der Waals surface area (Å²) in [5.74, 6) is 2.51. The molecular weight excluding hydrogens is 325 g/mol. The molecule has 0 saturated heterocycles. The Morgan fingerprint density at radius 1 is 1.29 bits per heavy atom. The molecule has 0 bridgehead atoms. The number of nitrogens with zero attached hydrogens (tertiary/aromatic N) is 1. The van der Waals surface area contributed by atoms with Crippen molar-refractivity contribution in [3.8, 4) is 0 Å². The molecule has 0 aromatic carbocycles. The number of halogens is 1. The maximum Gasteiger partial charge on any atom is 0.188 e. The summed E-state index contributed by atoms with van der Waals surface area (Å²) in [4.78, 5) is 4.29. The SMILES string of the molecule is CCCN=C(N)NC1CC1C1CCCCC1.I. The van der Waals surface area contributed by atoms with Gasteiger partial charge in [-0.2, -0.15) is 0 Å². The van der Waals surface area contributed by atoms with E-state index in [1.165, 1.54) is 38.5 Å². The first kappa shape index (κ1) is 15.1. The first-order valence-corrected chi connectivity index (χ1v) is 6.87. The number of hydrogen-bond donors (Lipinski definition) is 2. The molecule has 0 aromatic rings. The fourth-order valence-corrected chi connectivity index (χ4v) is 2.93. The van der Waals surface area contributed by atoms with Crippen LogP contribution in [0, 0.1) is 11.8 Å². The molecule has 2 rings (SSSR count). The lowest BCUT2D eigenvalue weighted by atomic mass is 9.85. The molecule has 0 amide bonds. The van der Waals surface area contributed by atoms with Crippen LogP contribution in [0.25, 0.3) is 0 Å². The van der Waals surface area contributed by atoms with Crippen LogP contribution in [0.2, 0.25) is 0 Å². The van der Waals surface area contributed by atoms with E-state index < -0.39 is 0 Å². The third kappa shape index (κ3) is 4.64. The van der Waals surface area contributed by atoms with E-state index in [1.807, 2.05) is 0 Å². The average molecular weight is 351 g/mol. The zero-order valence-corrected chi connectivity index (χ0v) is 13.2. The molecular formula is C13H26IN3. The van der Waals surface area contributed by atoms with Gasteiger partial charge >= 0.3 is 0 Å². The average Bonchev–Trinajstić information content (AvgIpc) is 3.07. The molecule has 0 heterocycles. The maximum atomic E-state index is 5.83. The van der Waals surface area contributed by atoms with Crippen LogP contribution in [0.4, 0.5) is 0 Å². The van der Waals surface area contributed by atoms with Gasteiger partial charge in [-0.3, -0.25) is 4.99 Å². The van der Waals surface area contributed by atoms with Gasteiger partial charge in [0.2, 0.25) is 0 Å². The van der Waals surface area contributed by atoms with Crippen molar-refractivity contribution in [2.45, 2.75) is 57.9 Å². The molecule has 2 aliphatic carbocycles. The van der Waals surface area contributed by atoms with Gasteiger partial charge in [0.1, 0.15) is 0 Å². The standard InChI is InChI=1S/C13H25N3.HI/c1-2-8-15-13(14)16-12-9-11(12)10-6-4-3-5-7-10;/h10-12H,2-9H2,1H3,(H3,14,15,16);1H. The van der Waals surface area contributed by atoms with Crippen molar-refractivity contribution in [2.75, 3.05) is 6.54 Å². The van der Waals surface area contributed by atoms with Crippen LogP contribution in [0.5, 0.6) is 0 Å². The fourth-order valence-electron chi connectivity index (χ4n) is 2.93. The summed E-state index contributed by atoms with van der Waals surface area (Å²) >= 11 is 0. The van der Waals surface area contributed by atoms with Crippen molar-refractivity contribution in [3.05, 3.63) is 0 Å². The fraction of sp³-hybridized carbons (Fsp3) is 0.923.